The standard InChI is InChI=1S/C13H20N2O2S/c1-9-5-3-4-6-10(9)7-14-13-15-11(8-18-13)12(16)17-2/h8-10H,3-7H2,1-2H3,(H,14,15). The average molecular weight is 268 g/mol. The van der Waals surface area contributed by atoms with Gasteiger partial charge < -0.3 is 10.1 Å². The van der Waals surface area contributed by atoms with Crippen LogP contribution in [-0.2, 0) is 4.74 Å². The largest absolute Gasteiger partial charge is 0.464 e. The molecule has 0 radical (unpaired) electrons. The molecule has 1 aliphatic carbocycles. The zero-order valence-corrected chi connectivity index (χ0v) is 11.8. The van der Waals surface area contributed by atoms with Crippen LogP contribution >= 0.6 is 11.3 Å². The highest BCUT2D eigenvalue weighted by atomic mass is 32.1. The summed E-state index contributed by atoms with van der Waals surface area (Å²) in [5.74, 6) is 1.14. The van der Waals surface area contributed by atoms with Crippen molar-refractivity contribution in [3.8, 4) is 0 Å². The van der Waals surface area contributed by atoms with E-state index in [2.05, 4.69) is 22.0 Å². The van der Waals surface area contributed by atoms with Gasteiger partial charge in [-0.1, -0.05) is 26.2 Å². The highest BCUT2D eigenvalue weighted by Gasteiger charge is 2.21. The maximum absolute atomic E-state index is 11.3. The predicted molar refractivity (Wildman–Crippen MR) is 73.1 cm³/mol. The van der Waals surface area contributed by atoms with Gasteiger partial charge in [-0.05, 0) is 18.3 Å². The van der Waals surface area contributed by atoms with Gasteiger partial charge in [-0.15, -0.1) is 11.3 Å². The second kappa shape index (κ2) is 6.18. The molecule has 0 aromatic carbocycles. The molecule has 0 aliphatic heterocycles. The summed E-state index contributed by atoms with van der Waals surface area (Å²) in [6.45, 7) is 3.28. The van der Waals surface area contributed by atoms with Gasteiger partial charge in [-0.3, -0.25) is 0 Å². The minimum atomic E-state index is -0.370. The van der Waals surface area contributed by atoms with Crippen LogP contribution in [0.5, 0.6) is 0 Å². The maximum Gasteiger partial charge on any atom is 0.357 e. The number of carbonyl (C=O) groups is 1. The quantitative estimate of drug-likeness (QED) is 0.852. The lowest BCUT2D eigenvalue weighted by Crippen LogP contribution is -2.24. The fourth-order valence-corrected chi connectivity index (χ4v) is 3.16. The van der Waals surface area contributed by atoms with E-state index >= 15 is 0 Å². The van der Waals surface area contributed by atoms with Gasteiger partial charge in [0.25, 0.3) is 0 Å². The van der Waals surface area contributed by atoms with Crippen molar-refractivity contribution in [3.05, 3.63) is 11.1 Å². The number of hydrogen-bond donors (Lipinski definition) is 1. The van der Waals surface area contributed by atoms with Gasteiger partial charge in [-0.2, -0.15) is 0 Å². The van der Waals surface area contributed by atoms with Gasteiger partial charge in [0.15, 0.2) is 10.8 Å². The van der Waals surface area contributed by atoms with Crippen molar-refractivity contribution in [2.24, 2.45) is 11.8 Å². The lowest BCUT2D eigenvalue weighted by atomic mass is 9.80. The Labute approximate surface area is 112 Å². The number of methoxy groups -OCH3 is 1. The van der Waals surface area contributed by atoms with Crippen molar-refractivity contribution in [1.82, 2.24) is 4.98 Å². The summed E-state index contributed by atoms with van der Waals surface area (Å²) in [5, 5.41) is 5.89. The fourth-order valence-electron chi connectivity index (χ4n) is 2.47. The number of hydrogen-bond acceptors (Lipinski definition) is 5. The van der Waals surface area contributed by atoms with Crippen molar-refractivity contribution in [2.45, 2.75) is 32.6 Å². The molecule has 1 aliphatic rings. The molecule has 5 heteroatoms. The minimum absolute atomic E-state index is 0.370. The molecule has 0 amide bonds. The highest BCUT2D eigenvalue weighted by Crippen LogP contribution is 2.30. The van der Waals surface area contributed by atoms with E-state index in [0.29, 0.717) is 5.69 Å². The molecular weight excluding hydrogens is 248 g/mol. The first kappa shape index (κ1) is 13.3. The van der Waals surface area contributed by atoms with E-state index in [1.165, 1.54) is 44.1 Å². The van der Waals surface area contributed by atoms with Crippen molar-refractivity contribution >= 4 is 22.4 Å². The Balaban J connectivity index is 1.86. The maximum atomic E-state index is 11.3. The number of anilines is 1. The summed E-state index contributed by atoms with van der Waals surface area (Å²) in [7, 11) is 1.37. The van der Waals surface area contributed by atoms with E-state index in [1.54, 1.807) is 5.38 Å². The molecule has 0 bridgehead atoms. The third-order valence-electron chi connectivity index (χ3n) is 3.70. The van der Waals surface area contributed by atoms with Crippen LogP contribution in [-0.4, -0.2) is 24.6 Å². The van der Waals surface area contributed by atoms with Crippen LogP contribution in [0.15, 0.2) is 5.38 Å². The van der Waals surface area contributed by atoms with Gasteiger partial charge in [0.05, 0.1) is 7.11 Å². The predicted octanol–water partition coefficient (Wildman–Crippen LogP) is 3.17. The summed E-state index contributed by atoms with van der Waals surface area (Å²) >= 11 is 1.46. The number of nitrogens with one attached hydrogen (secondary N) is 1. The number of rotatable bonds is 4. The molecule has 100 valence electrons. The monoisotopic (exact) mass is 268 g/mol. The number of esters is 1. The topological polar surface area (TPSA) is 51.2 Å². The van der Waals surface area contributed by atoms with E-state index in [-0.39, 0.29) is 5.97 Å². The normalized spacial score (nSPS) is 23.7. The average Bonchev–Trinajstić information content (AvgIpc) is 2.86. The Bertz CT molecular complexity index is 405. The first-order valence-corrected chi connectivity index (χ1v) is 7.36. The lowest BCUT2D eigenvalue weighted by molar-refractivity contribution is 0.0595. The van der Waals surface area contributed by atoms with E-state index < -0.39 is 0 Å². The Hall–Kier alpha value is -1.10. The molecule has 4 nitrogen and oxygen atoms in total. The summed E-state index contributed by atoms with van der Waals surface area (Å²) in [4.78, 5) is 15.5. The summed E-state index contributed by atoms with van der Waals surface area (Å²) in [5.41, 5.74) is 0.390. The molecule has 2 rings (SSSR count). The van der Waals surface area contributed by atoms with Crippen LogP contribution < -0.4 is 5.32 Å². The molecule has 2 atom stereocenters. The van der Waals surface area contributed by atoms with Crippen molar-refractivity contribution in [3.63, 3.8) is 0 Å². The second-order valence-electron chi connectivity index (χ2n) is 4.93. The third kappa shape index (κ3) is 3.22. The second-order valence-corrected chi connectivity index (χ2v) is 5.79. The number of nitrogens with zero attached hydrogens (tertiary/aromatic N) is 1. The van der Waals surface area contributed by atoms with E-state index in [0.717, 1.165) is 23.5 Å². The van der Waals surface area contributed by atoms with Crippen molar-refractivity contribution in [2.75, 3.05) is 19.0 Å². The summed E-state index contributed by atoms with van der Waals surface area (Å²) < 4.78 is 4.64. The van der Waals surface area contributed by atoms with Gasteiger partial charge in [0.1, 0.15) is 0 Å². The van der Waals surface area contributed by atoms with Gasteiger partial charge in [0.2, 0.25) is 0 Å². The van der Waals surface area contributed by atoms with Gasteiger partial charge in [0, 0.05) is 11.9 Å². The Morgan fingerprint density at radius 3 is 3.06 bits per heavy atom. The molecule has 1 N–H and O–H groups in total. The van der Waals surface area contributed by atoms with Crippen LogP contribution in [0, 0.1) is 11.8 Å². The van der Waals surface area contributed by atoms with Crippen molar-refractivity contribution < 1.29 is 9.53 Å². The molecule has 1 aromatic heterocycles. The molecule has 18 heavy (non-hydrogen) atoms. The van der Waals surface area contributed by atoms with E-state index in [9.17, 15) is 4.79 Å². The Morgan fingerprint density at radius 2 is 2.33 bits per heavy atom. The zero-order valence-electron chi connectivity index (χ0n) is 10.9. The molecule has 1 saturated carbocycles. The van der Waals surface area contributed by atoms with Crippen LogP contribution in [0.3, 0.4) is 0 Å². The van der Waals surface area contributed by atoms with Gasteiger partial charge in [-0.25, -0.2) is 9.78 Å². The SMILES string of the molecule is COC(=O)c1csc(NCC2CCCCC2C)n1. The number of carbonyl (C=O) groups excluding carboxylic acids is 1. The lowest BCUT2D eigenvalue weighted by Gasteiger charge is -2.28. The highest BCUT2D eigenvalue weighted by molar-refractivity contribution is 7.13. The molecule has 0 saturated heterocycles. The number of ether oxygens (including phenoxy) is 1. The zero-order chi connectivity index (χ0) is 13.0. The van der Waals surface area contributed by atoms with Crippen LogP contribution in [0.4, 0.5) is 5.13 Å². The van der Waals surface area contributed by atoms with Crippen LogP contribution in [0.25, 0.3) is 0 Å². The summed E-state index contributed by atoms with van der Waals surface area (Å²) in [6, 6.07) is 0. The first-order chi connectivity index (χ1) is 8.70. The first-order valence-electron chi connectivity index (χ1n) is 6.48. The van der Waals surface area contributed by atoms with Crippen LogP contribution in [0.1, 0.15) is 43.1 Å². The number of thiazole rings is 1. The molecule has 1 aromatic rings. The minimum Gasteiger partial charge on any atom is -0.464 e. The molecule has 2 unspecified atom stereocenters. The number of aromatic nitrogens is 1. The third-order valence-corrected chi connectivity index (χ3v) is 4.50. The fraction of sp³-hybridized carbons (Fsp3) is 0.692. The molecular formula is C13H20N2O2S. The van der Waals surface area contributed by atoms with E-state index in [4.69, 9.17) is 0 Å². The molecule has 1 heterocycles. The summed E-state index contributed by atoms with van der Waals surface area (Å²) in [6.07, 6.45) is 5.32. The smallest absolute Gasteiger partial charge is 0.357 e. The van der Waals surface area contributed by atoms with E-state index in [1.807, 2.05) is 0 Å². The van der Waals surface area contributed by atoms with Crippen molar-refractivity contribution in [1.29, 1.82) is 0 Å². The molecule has 0 spiro atoms. The van der Waals surface area contributed by atoms with Gasteiger partial charge >= 0.3 is 5.97 Å². The molecule has 1 fully saturated rings. The van der Waals surface area contributed by atoms with Crippen LogP contribution in [0.2, 0.25) is 0 Å². The Kier molecular flexibility index (Phi) is 4.58. The Morgan fingerprint density at radius 1 is 1.56 bits per heavy atom.